The van der Waals surface area contributed by atoms with E-state index >= 15 is 0 Å². The summed E-state index contributed by atoms with van der Waals surface area (Å²) in [5.74, 6) is 0.940. The number of methoxy groups -OCH3 is 1. The van der Waals surface area contributed by atoms with Gasteiger partial charge >= 0.3 is 0 Å². The smallest absolute Gasteiger partial charge is 0.123 e. The van der Waals surface area contributed by atoms with Crippen molar-refractivity contribution in [3.8, 4) is 5.75 Å². The summed E-state index contributed by atoms with van der Waals surface area (Å²) in [4.78, 5) is 0. The van der Waals surface area contributed by atoms with Gasteiger partial charge in [-0.2, -0.15) is 0 Å². The van der Waals surface area contributed by atoms with E-state index < -0.39 is 0 Å². The van der Waals surface area contributed by atoms with Crippen molar-refractivity contribution in [2.24, 2.45) is 0 Å². The molecule has 0 bridgehead atoms. The van der Waals surface area contributed by atoms with Crippen LogP contribution < -0.4 is 10.1 Å². The highest BCUT2D eigenvalue weighted by Crippen LogP contribution is 2.27. The van der Waals surface area contributed by atoms with Gasteiger partial charge in [0, 0.05) is 17.6 Å². The minimum Gasteiger partial charge on any atom is -0.496 e. The number of rotatable bonds is 6. The maximum Gasteiger partial charge on any atom is 0.123 e. The Labute approximate surface area is 121 Å². The summed E-state index contributed by atoms with van der Waals surface area (Å²) in [6.45, 7) is 4.39. The van der Waals surface area contributed by atoms with Crippen LogP contribution in [0.25, 0.3) is 0 Å². The first-order valence-electron chi connectivity index (χ1n) is 7.20. The van der Waals surface area contributed by atoms with Gasteiger partial charge in [-0.3, -0.25) is 0 Å². The maximum atomic E-state index is 5.45. The van der Waals surface area contributed by atoms with Crippen LogP contribution in [-0.2, 0) is 0 Å². The van der Waals surface area contributed by atoms with E-state index in [1.807, 2.05) is 12.1 Å². The van der Waals surface area contributed by atoms with Crippen molar-refractivity contribution in [1.29, 1.82) is 0 Å². The molecule has 0 aromatic heterocycles. The van der Waals surface area contributed by atoms with Gasteiger partial charge in [0.1, 0.15) is 5.75 Å². The summed E-state index contributed by atoms with van der Waals surface area (Å²) in [6, 6.07) is 19.4. The van der Waals surface area contributed by atoms with Crippen LogP contribution >= 0.6 is 0 Å². The van der Waals surface area contributed by atoms with Gasteiger partial charge in [-0.05, 0) is 25.0 Å². The standard InChI is InChI=1S/C18H23NO/c1-4-17(15-10-6-5-7-11-15)19-14(2)16-12-8-9-13-18(16)20-3/h5-14,17,19H,4H2,1-3H3. The van der Waals surface area contributed by atoms with E-state index in [1.54, 1.807) is 7.11 Å². The molecule has 0 aliphatic carbocycles. The Kier molecular flexibility index (Phi) is 5.19. The molecule has 0 aliphatic rings. The van der Waals surface area contributed by atoms with Gasteiger partial charge in [-0.1, -0.05) is 55.5 Å². The third-order valence-corrected chi connectivity index (χ3v) is 3.67. The molecule has 2 aromatic carbocycles. The first-order chi connectivity index (χ1) is 9.76. The van der Waals surface area contributed by atoms with Crippen molar-refractivity contribution >= 4 is 0 Å². The molecule has 1 N–H and O–H groups in total. The Morgan fingerprint density at radius 3 is 2.30 bits per heavy atom. The molecule has 2 atom stereocenters. The van der Waals surface area contributed by atoms with E-state index in [-0.39, 0.29) is 6.04 Å². The number of para-hydroxylation sites is 1. The molecule has 0 amide bonds. The van der Waals surface area contributed by atoms with E-state index in [4.69, 9.17) is 4.74 Å². The monoisotopic (exact) mass is 269 g/mol. The summed E-state index contributed by atoms with van der Waals surface area (Å²) in [6.07, 6.45) is 1.06. The maximum absolute atomic E-state index is 5.45. The Bertz CT molecular complexity index is 524. The lowest BCUT2D eigenvalue weighted by molar-refractivity contribution is 0.392. The van der Waals surface area contributed by atoms with Crippen molar-refractivity contribution in [2.75, 3.05) is 7.11 Å². The zero-order chi connectivity index (χ0) is 14.4. The lowest BCUT2D eigenvalue weighted by atomic mass is 10.0. The SMILES string of the molecule is CCC(NC(C)c1ccccc1OC)c1ccccc1. The summed E-state index contributed by atoms with van der Waals surface area (Å²) < 4.78 is 5.45. The van der Waals surface area contributed by atoms with Crippen molar-refractivity contribution in [3.63, 3.8) is 0 Å². The Hall–Kier alpha value is -1.80. The van der Waals surface area contributed by atoms with Gasteiger partial charge in [0.2, 0.25) is 0 Å². The van der Waals surface area contributed by atoms with Gasteiger partial charge < -0.3 is 10.1 Å². The Balaban J connectivity index is 2.15. The zero-order valence-corrected chi connectivity index (χ0v) is 12.5. The number of ether oxygens (including phenoxy) is 1. The van der Waals surface area contributed by atoms with E-state index in [0.29, 0.717) is 6.04 Å². The largest absolute Gasteiger partial charge is 0.496 e. The molecular formula is C18H23NO. The van der Waals surface area contributed by atoms with Crippen molar-refractivity contribution < 1.29 is 4.74 Å². The fourth-order valence-electron chi connectivity index (χ4n) is 2.55. The van der Waals surface area contributed by atoms with Crippen LogP contribution in [-0.4, -0.2) is 7.11 Å². The molecule has 2 heteroatoms. The summed E-state index contributed by atoms with van der Waals surface area (Å²) >= 11 is 0. The molecule has 0 spiro atoms. The van der Waals surface area contributed by atoms with E-state index in [1.165, 1.54) is 11.1 Å². The van der Waals surface area contributed by atoms with Gasteiger partial charge in [0.15, 0.2) is 0 Å². The molecule has 0 aliphatic heterocycles. The van der Waals surface area contributed by atoms with Gasteiger partial charge in [-0.15, -0.1) is 0 Å². The third-order valence-electron chi connectivity index (χ3n) is 3.67. The zero-order valence-electron chi connectivity index (χ0n) is 12.5. The first-order valence-corrected chi connectivity index (χ1v) is 7.20. The van der Waals surface area contributed by atoms with Gasteiger partial charge in [0.25, 0.3) is 0 Å². The van der Waals surface area contributed by atoms with Crippen LogP contribution in [0.3, 0.4) is 0 Å². The molecular weight excluding hydrogens is 246 g/mol. The van der Waals surface area contributed by atoms with Crippen LogP contribution in [0.15, 0.2) is 54.6 Å². The molecule has 2 aromatic rings. The summed E-state index contributed by atoms with van der Waals surface area (Å²) in [5.41, 5.74) is 2.53. The predicted molar refractivity (Wildman–Crippen MR) is 84.0 cm³/mol. The fraction of sp³-hybridized carbons (Fsp3) is 0.333. The lowest BCUT2D eigenvalue weighted by Crippen LogP contribution is -2.24. The molecule has 20 heavy (non-hydrogen) atoms. The Morgan fingerprint density at radius 2 is 1.65 bits per heavy atom. The minimum absolute atomic E-state index is 0.247. The second-order valence-corrected chi connectivity index (χ2v) is 5.00. The molecule has 0 radical (unpaired) electrons. The van der Waals surface area contributed by atoms with Crippen LogP contribution in [0.4, 0.5) is 0 Å². The highest BCUT2D eigenvalue weighted by molar-refractivity contribution is 5.35. The van der Waals surface area contributed by atoms with E-state index in [9.17, 15) is 0 Å². The average molecular weight is 269 g/mol. The normalized spacial score (nSPS) is 13.8. The number of hydrogen-bond donors (Lipinski definition) is 1. The lowest BCUT2D eigenvalue weighted by Gasteiger charge is -2.24. The topological polar surface area (TPSA) is 21.3 Å². The van der Waals surface area contributed by atoms with Crippen molar-refractivity contribution in [3.05, 3.63) is 65.7 Å². The molecule has 2 nitrogen and oxygen atoms in total. The quantitative estimate of drug-likeness (QED) is 0.834. The summed E-state index contributed by atoms with van der Waals surface area (Å²) in [5, 5.41) is 3.69. The highest BCUT2D eigenvalue weighted by atomic mass is 16.5. The number of hydrogen-bond acceptors (Lipinski definition) is 2. The highest BCUT2D eigenvalue weighted by Gasteiger charge is 2.16. The second kappa shape index (κ2) is 7.11. The number of benzene rings is 2. The number of nitrogens with one attached hydrogen (secondary N) is 1. The molecule has 0 fully saturated rings. The third kappa shape index (κ3) is 3.40. The van der Waals surface area contributed by atoms with Gasteiger partial charge in [-0.25, -0.2) is 0 Å². The van der Waals surface area contributed by atoms with Crippen LogP contribution in [0.2, 0.25) is 0 Å². The summed E-state index contributed by atoms with van der Waals surface area (Å²) in [7, 11) is 1.72. The molecule has 106 valence electrons. The Morgan fingerprint density at radius 1 is 1.00 bits per heavy atom. The molecule has 2 rings (SSSR count). The molecule has 0 saturated carbocycles. The molecule has 0 heterocycles. The van der Waals surface area contributed by atoms with Crippen LogP contribution in [0.1, 0.15) is 43.5 Å². The predicted octanol–water partition coefficient (Wildman–Crippen LogP) is 4.50. The molecule has 0 saturated heterocycles. The van der Waals surface area contributed by atoms with E-state index in [0.717, 1.165) is 12.2 Å². The van der Waals surface area contributed by atoms with Crippen molar-refractivity contribution in [2.45, 2.75) is 32.4 Å². The first kappa shape index (κ1) is 14.6. The molecule has 2 unspecified atom stereocenters. The van der Waals surface area contributed by atoms with Crippen molar-refractivity contribution in [1.82, 2.24) is 5.32 Å². The van der Waals surface area contributed by atoms with E-state index in [2.05, 4.69) is 61.6 Å². The van der Waals surface area contributed by atoms with Crippen LogP contribution in [0, 0.1) is 0 Å². The van der Waals surface area contributed by atoms with Crippen LogP contribution in [0.5, 0.6) is 5.75 Å². The van der Waals surface area contributed by atoms with Gasteiger partial charge in [0.05, 0.1) is 7.11 Å². The average Bonchev–Trinajstić information content (AvgIpc) is 2.53. The minimum atomic E-state index is 0.247. The fourth-order valence-corrected chi connectivity index (χ4v) is 2.55. The second-order valence-electron chi connectivity index (χ2n) is 5.00.